The second-order valence-corrected chi connectivity index (χ2v) is 9.45. The van der Waals surface area contributed by atoms with Gasteiger partial charge in [0.15, 0.2) is 11.0 Å². The number of likely N-dealkylation sites (tertiary alicyclic amines) is 1. The Bertz CT molecular complexity index is 1030. The molecule has 156 valence electrons. The number of benzene rings is 2. The minimum absolute atomic E-state index is 0.151. The van der Waals surface area contributed by atoms with E-state index in [1.807, 2.05) is 40.7 Å². The smallest absolute Gasteiger partial charge is 0.235 e. The van der Waals surface area contributed by atoms with Crippen molar-refractivity contribution in [3.63, 3.8) is 0 Å². The van der Waals surface area contributed by atoms with Gasteiger partial charge in [0.25, 0.3) is 0 Å². The molecule has 0 aliphatic carbocycles. The number of thioether (sulfide) groups is 1. The Morgan fingerprint density at radius 1 is 1.10 bits per heavy atom. The first-order chi connectivity index (χ1) is 14.5. The molecule has 0 radical (unpaired) electrons. The van der Waals surface area contributed by atoms with Crippen LogP contribution in [0.1, 0.15) is 25.3 Å². The van der Waals surface area contributed by atoms with E-state index in [-0.39, 0.29) is 11.2 Å². The van der Waals surface area contributed by atoms with Gasteiger partial charge in [-0.3, -0.25) is 9.36 Å². The summed E-state index contributed by atoms with van der Waals surface area (Å²) in [7, 11) is 0. The van der Waals surface area contributed by atoms with Crippen LogP contribution in [-0.4, -0.2) is 43.9 Å². The van der Waals surface area contributed by atoms with Gasteiger partial charge in [-0.1, -0.05) is 65.3 Å². The van der Waals surface area contributed by atoms with Gasteiger partial charge in [-0.15, -0.1) is 10.2 Å². The Morgan fingerprint density at radius 3 is 2.53 bits per heavy atom. The van der Waals surface area contributed by atoms with E-state index in [0.29, 0.717) is 27.6 Å². The highest BCUT2D eigenvalue weighted by atomic mass is 35.5. The lowest BCUT2D eigenvalue weighted by molar-refractivity contribution is -0.129. The number of rotatable bonds is 6. The fourth-order valence-corrected chi connectivity index (χ4v) is 4.98. The van der Waals surface area contributed by atoms with Crippen LogP contribution in [0.4, 0.5) is 0 Å². The van der Waals surface area contributed by atoms with Gasteiger partial charge in [0.1, 0.15) is 0 Å². The first-order valence-electron chi connectivity index (χ1n) is 9.91. The fourth-order valence-electron chi connectivity index (χ4n) is 3.56. The minimum atomic E-state index is -0.240. The minimum Gasteiger partial charge on any atom is -0.342 e. The Labute approximate surface area is 190 Å². The summed E-state index contributed by atoms with van der Waals surface area (Å²) in [4.78, 5) is 14.7. The van der Waals surface area contributed by atoms with Crippen molar-refractivity contribution in [2.45, 2.75) is 36.7 Å². The Hall–Kier alpha value is -2.02. The van der Waals surface area contributed by atoms with Crippen LogP contribution in [0.3, 0.4) is 0 Å². The number of carbonyl (C=O) groups excluding carboxylic acids is 1. The molecular formula is C22H22Cl2N4OS. The third-order valence-electron chi connectivity index (χ3n) is 5.12. The monoisotopic (exact) mass is 460 g/mol. The normalized spacial score (nSPS) is 14.8. The summed E-state index contributed by atoms with van der Waals surface area (Å²) in [5.74, 6) is 0.807. The SMILES string of the molecule is CC(Sc1nnc(-c2ccc(Cl)cc2Cl)n1Cc1ccccc1)C(=O)N1CCCC1. The van der Waals surface area contributed by atoms with Crippen molar-refractivity contribution in [3.8, 4) is 11.4 Å². The third-order valence-corrected chi connectivity index (χ3v) is 6.74. The predicted octanol–water partition coefficient (Wildman–Crippen LogP) is 5.40. The van der Waals surface area contributed by atoms with Crippen molar-refractivity contribution in [2.24, 2.45) is 0 Å². The first-order valence-corrected chi connectivity index (χ1v) is 11.5. The zero-order chi connectivity index (χ0) is 21.1. The molecule has 2 aromatic carbocycles. The van der Waals surface area contributed by atoms with E-state index in [1.54, 1.807) is 12.1 Å². The number of hydrogen-bond donors (Lipinski definition) is 0. The second kappa shape index (κ2) is 9.41. The van der Waals surface area contributed by atoms with E-state index >= 15 is 0 Å². The highest BCUT2D eigenvalue weighted by Gasteiger charge is 2.26. The Kier molecular flexibility index (Phi) is 6.66. The summed E-state index contributed by atoms with van der Waals surface area (Å²) in [6, 6.07) is 15.4. The summed E-state index contributed by atoms with van der Waals surface area (Å²) in [5, 5.41) is 10.4. The molecule has 1 amide bonds. The maximum atomic E-state index is 12.8. The van der Waals surface area contributed by atoms with Gasteiger partial charge in [-0.2, -0.15) is 0 Å². The van der Waals surface area contributed by atoms with Crippen LogP contribution in [0.5, 0.6) is 0 Å². The lowest BCUT2D eigenvalue weighted by atomic mass is 10.2. The number of amides is 1. The highest BCUT2D eigenvalue weighted by molar-refractivity contribution is 8.00. The molecule has 0 bridgehead atoms. The van der Waals surface area contributed by atoms with Gasteiger partial charge in [0.05, 0.1) is 16.8 Å². The molecule has 30 heavy (non-hydrogen) atoms. The maximum Gasteiger partial charge on any atom is 0.235 e. The molecule has 3 aromatic rings. The van der Waals surface area contributed by atoms with Crippen molar-refractivity contribution in [2.75, 3.05) is 13.1 Å². The zero-order valence-electron chi connectivity index (χ0n) is 16.6. The van der Waals surface area contributed by atoms with Crippen LogP contribution in [0.2, 0.25) is 10.0 Å². The Balaban J connectivity index is 1.67. The highest BCUT2D eigenvalue weighted by Crippen LogP contribution is 2.33. The molecule has 1 aliphatic heterocycles. The van der Waals surface area contributed by atoms with Gasteiger partial charge < -0.3 is 4.90 Å². The van der Waals surface area contributed by atoms with Crippen molar-refractivity contribution >= 4 is 40.9 Å². The predicted molar refractivity (Wildman–Crippen MR) is 122 cm³/mol. The number of carbonyl (C=O) groups is 1. The van der Waals surface area contributed by atoms with Crippen molar-refractivity contribution < 1.29 is 4.79 Å². The molecule has 4 rings (SSSR count). The van der Waals surface area contributed by atoms with E-state index < -0.39 is 0 Å². The number of hydrogen-bond acceptors (Lipinski definition) is 4. The number of halogens is 2. The van der Waals surface area contributed by atoms with E-state index in [9.17, 15) is 4.79 Å². The molecule has 2 heterocycles. The molecule has 0 N–H and O–H groups in total. The summed E-state index contributed by atoms with van der Waals surface area (Å²) in [5.41, 5.74) is 1.87. The van der Waals surface area contributed by atoms with Crippen LogP contribution in [0.25, 0.3) is 11.4 Å². The summed E-state index contributed by atoms with van der Waals surface area (Å²) < 4.78 is 2.02. The molecule has 1 atom stereocenters. The van der Waals surface area contributed by atoms with Crippen LogP contribution in [-0.2, 0) is 11.3 Å². The zero-order valence-corrected chi connectivity index (χ0v) is 18.9. The Morgan fingerprint density at radius 2 is 1.83 bits per heavy atom. The lowest BCUT2D eigenvalue weighted by Crippen LogP contribution is -2.34. The molecule has 1 fully saturated rings. The molecular weight excluding hydrogens is 439 g/mol. The molecule has 5 nitrogen and oxygen atoms in total. The van der Waals surface area contributed by atoms with Crippen molar-refractivity contribution in [3.05, 3.63) is 64.1 Å². The summed E-state index contributed by atoms with van der Waals surface area (Å²) in [6.45, 7) is 4.19. The molecule has 1 saturated heterocycles. The average Bonchev–Trinajstić information content (AvgIpc) is 3.40. The largest absolute Gasteiger partial charge is 0.342 e. The van der Waals surface area contributed by atoms with E-state index in [2.05, 4.69) is 22.3 Å². The number of nitrogens with zero attached hydrogens (tertiary/aromatic N) is 4. The van der Waals surface area contributed by atoms with E-state index in [0.717, 1.165) is 37.1 Å². The van der Waals surface area contributed by atoms with Gasteiger partial charge in [0, 0.05) is 23.7 Å². The second-order valence-electron chi connectivity index (χ2n) is 7.29. The van der Waals surface area contributed by atoms with E-state index in [4.69, 9.17) is 23.2 Å². The molecule has 0 spiro atoms. The average molecular weight is 461 g/mol. The molecule has 0 saturated carbocycles. The van der Waals surface area contributed by atoms with Crippen LogP contribution >= 0.6 is 35.0 Å². The first kappa shape index (κ1) is 21.2. The molecule has 1 aromatic heterocycles. The third kappa shape index (κ3) is 4.66. The van der Waals surface area contributed by atoms with E-state index in [1.165, 1.54) is 11.8 Å². The van der Waals surface area contributed by atoms with Gasteiger partial charge in [-0.25, -0.2) is 0 Å². The molecule has 1 unspecified atom stereocenters. The summed E-state index contributed by atoms with van der Waals surface area (Å²) >= 11 is 14.0. The quantitative estimate of drug-likeness (QED) is 0.461. The van der Waals surface area contributed by atoms with Gasteiger partial charge in [0.2, 0.25) is 5.91 Å². The van der Waals surface area contributed by atoms with Crippen LogP contribution in [0.15, 0.2) is 53.7 Å². The summed E-state index contributed by atoms with van der Waals surface area (Å²) in [6.07, 6.45) is 2.15. The fraction of sp³-hybridized carbons (Fsp3) is 0.318. The van der Waals surface area contributed by atoms with Gasteiger partial charge >= 0.3 is 0 Å². The lowest BCUT2D eigenvalue weighted by Gasteiger charge is -2.20. The maximum absolute atomic E-state index is 12.8. The topological polar surface area (TPSA) is 51.0 Å². The molecule has 1 aliphatic rings. The van der Waals surface area contributed by atoms with Crippen molar-refractivity contribution in [1.29, 1.82) is 0 Å². The van der Waals surface area contributed by atoms with Crippen molar-refractivity contribution in [1.82, 2.24) is 19.7 Å². The number of aromatic nitrogens is 3. The molecule has 8 heteroatoms. The van der Waals surface area contributed by atoms with Crippen LogP contribution in [0, 0.1) is 0 Å². The van der Waals surface area contributed by atoms with Crippen LogP contribution < -0.4 is 0 Å². The van der Waals surface area contributed by atoms with Gasteiger partial charge in [-0.05, 0) is 43.5 Å². The standard InChI is InChI=1S/C22H22Cl2N4OS/c1-15(21(29)27-11-5-6-12-27)30-22-26-25-20(18-10-9-17(23)13-19(18)24)28(22)14-16-7-3-2-4-8-16/h2-4,7-10,13,15H,5-6,11-12,14H2,1H3.